The highest BCUT2D eigenvalue weighted by Gasteiger charge is 2.23. The van der Waals surface area contributed by atoms with Gasteiger partial charge in [-0.15, -0.1) is 0 Å². The van der Waals surface area contributed by atoms with E-state index in [0.717, 1.165) is 39.3 Å². The minimum absolute atomic E-state index is 0.120. The van der Waals surface area contributed by atoms with E-state index in [1.54, 1.807) is 12.2 Å². The molecule has 1 amide bonds. The molecule has 0 aromatic rings. The summed E-state index contributed by atoms with van der Waals surface area (Å²) in [7, 11) is 0. The van der Waals surface area contributed by atoms with Crippen molar-refractivity contribution in [2.75, 3.05) is 39.3 Å². The lowest BCUT2D eigenvalue weighted by Crippen LogP contribution is -2.50. The lowest BCUT2D eigenvalue weighted by molar-refractivity contribution is -0.127. The molecule has 4 heteroatoms. The summed E-state index contributed by atoms with van der Waals surface area (Å²) in [4.78, 5) is 16.2. The minimum Gasteiger partial charge on any atom is -0.377 e. The molecular formula is C15H24N2O2. The van der Waals surface area contributed by atoms with Crippen LogP contribution in [0.4, 0.5) is 0 Å². The molecule has 0 N–H and O–H groups in total. The first-order chi connectivity index (χ1) is 9.29. The van der Waals surface area contributed by atoms with Gasteiger partial charge in [0.1, 0.15) is 0 Å². The van der Waals surface area contributed by atoms with Crippen LogP contribution in [-0.2, 0) is 9.53 Å². The van der Waals surface area contributed by atoms with Gasteiger partial charge in [0.05, 0.1) is 6.10 Å². The molecule has 0 spiro atoms. The van der Waals surface area contributed by atoms with Crippen molar-refractivity contribution in [2.45, 2.75) is 25.9 Å². The molecule has 0 bridgehead atoms. The van der Waals surface area contributed by atoms with Gasteiger partial charge in [0.2, 0.25) is 5.91 Å². The van der Waals surface area contributed by atoms with E-state index in [4.69, 9.17) is 4.74 Å². The quantitative estimate of drug-likeness (QED) is 0.569. The van der Waals surface area contributed by atoms with Gasteiger partial charge in [-0.2, -0.15) is 0 Å². The van der Waals surface area contributed by atoms with Gasteiger partial charge in [0.15, 0.2) is 0 Å². The van der Waals surface area contributed by atoms with Gasteiger partial charge in [-0.1, -0.05) is 18.2 Å². The molecule has 4 nitrogen and oxygen atoms in total. The van der Waals surface area contributed by atoms with Crippen molar-refractivity contribution in [1.29, 1.82) is 0 Å². The lowest BCUT2D eigenvalue weighted by Gasteiger charge is -2.35. The summed E-state index contributed by atoms with van der Waals surface area (Å²) in [6.45, 7) is 7.46. The van der Waals surface area contributed by atoms with Gasteiger partial charge in [0, 0.05) is 45.4 Å². The third-order valence-corrected chi connectivity index (χ3v) is 3.71. The van der Waals surface area contributed by atoms with Gasteiger partial charge in [-0.3, -0.25) is 9.69 Å². The first kappa shape index (κ1) is 14.3. The Bertz CT molecular complexity index is 338. The molecule has 2 fully saturated rings. The average molecular weight is 264 g/mol. The van der Waals surface area contributed by atoms with Crippen molar-refractivity contribution in [1.82, 2.24) is 9.80 Å². The third kappa shape index (κ3) is 4.48. The second-order valence-corrected chi connectivity index (χ2v) is 5.15. The summed E-state index contributed by atoms with van der Waals surface area (Å²) in [5, 5.41) is 0. The van der Waals surface area contributed by atoms with E-state index in [0.29, 0.717) is 6.10 Å². The Labute approximate surface area is 115 Å². The Morgan fingerprint density at radius 2 is 2.05 bits per heavy atom. The standard InChI is InChI=1S/C15H24N2O2/c1-2-3-4-7-15(18)17-10-8-16(9-11-17)13-14-6-5-12-19-14/h2-4,7,14H,5-6,8-13H2,1H3/b3-2+,7-4+/t14-/m0/s1. The topological polar surface area (TPSA) is 32.8 Å². The van der Waals surface area contributed by atoms with Crippen LogP contribution in [0, 0.1) is 0 Å². The predicted octanol–water partition coefficient (Wildman–Crippen LogP) is 1.44. The molecule has 0 aliphatic carbocycles. The SMILES string of the molecule is C/C=C/C=C/C(=O)N1CCN(C[C@@H]2CCCO2)CC1. The maximum atomic E-state index is 11.9. The number of amides is 1. The van der Waals surface area contributed by atoms with E-state index < -0.39 is 0 Å². The van der Waals surface area contributed by atoms with Crippen LogP contribution < -0.4 is 0 Å². The molecule has 1 atom stereocenters. The van der Waals surface area contributed by atoms with Crippen LogP contribution in [0.15, 0.2) is 24.3 Å². The van der Waals surface area contributed by atoms with Crippen LogP contribution in [0.1, 0.15) is 19.8 Å². The largest absolute Gasteiger partial charge is 0.377 e. The highest BCUT2D eigenvalue weighted by molar-refractivity contribution is 5.87. The van der Waals surface area contributed by atoms with Crippen molar-refractivity contribution in [2.24, 2.45) is 0 Å². The van der Waals surface area contributed by atoms with Crippen LogP contribution in [0.3, 0.4) is 0 Å². The summed E-state index contributed by atoms with van der Waals surface area (Å²) in [6.07, 6.45) is 10.0. The molecule has 0 unspecified atom stereocenters. The van der Waals surface area contributed by atoms with Gasteiger partial charge in [0.25, 0.3) is 0 Å². The number of hydrogen-bond acceptors (Lipinski definition) is 3. The van der Waals surface area contributed by atoms with Crippen LogP contribution in [0.5, 0.6) is 0 Å². The van der Waals surface area contributed by atoms with E-state index in [1.807, 2.05) is 24.0 Å². The zero-order valence-electron chi connectivity index (χ0n) is 11.8. The monoisotopic (exact) mass is 264 g/mol. The van der Waals surface area contributed by atoms with Crippen molar-refractivity contribution in [3.05, 3.63) is 24.3 Å². The molecule has 2 aliphatic rings. The molecular weight excluding hydrogens is 240 g/mol. The first-order valence-corrected chi connectivity index (χ1v) is 7.22. The zero-order chi connectivity index (χ0) is 13.5. The fraction of sp³-hybridized carbons (Fsp3) is 0.667. The molecule has 0 aromatic carbocycles. The molecule has 2 saturated heterocycles. The molecule has 0 radical (unpaired) electrons. The van der Waals surface area contributed by atoms with Gasteiger partial charge in [-0.05, 0) is 19.8 Å². The van der Waals surface area contributed by atoms with Crippen LogP contribution in [0.2, 0.25) is 0 Å². The summed E-state index contributed by atoms with van der Waals surface area (Å²) in [5.41, 5.74) is 0. The number of rotatable bonds is 4. The minimum atomic E-state index is 0.120. The number of carbonyl (C=O) groups is 1. The smallest absolute Gasteiger partial charge is 0.246 e. The second kappa shape index (κ2) is 7.46. The molecule has 19 heavy (non-hydrogen) atoms. The molecule has 0 saturated carbocycles. The number of ether oxygens (including phenoxy) is 1. The maximum absolute atomic E-state index is 11.9. The number of allylic oxidation sites excluding steroid dienone is 3. The van der Waals surface area contributed by atoms with E-state index in [1.165, 1.54) is 12.8 Å². The van der Waals surface area contributed by atoms with Crippen molar-refractivity contribution in [3.63, 3.8) is 0 Å². The second-order valence-electron chi connectivity index (χ2n) is 5.15. The van der Waals surface area contributed by atoms with Crippen molar-refractivity contribution >= 4 is 5.91 Å². The van der Waals surface area contributed by atoms with Gasteiger partial charge < -0.3 is 9.64 Å². The fourth-order valence-corrected chi connectivity index (χ4v) is 2.58. The summed E-state index contributed by atoms with van der Waals surface area (Å²) in [6, 6.07) is 0. The van der Waals surface area contributed by atoms with E-state index in [-0.39, 0.29) is 5.91 Å². The Hall–Kier alpha value is -1.13. The lowest BCUT2D eigenvalue weighted by atomic mass is 10.2. The Balaban J connectivity index is 1.70. The molecule has 2 heterocycles. The first-order valence-electron chi connectivity index (χ1n) is 7.22. The number of nitrogens with zero attached hydrogens (tertiary/aromatic N) is 2. The highest BCUT2D eigenvalue weighted by atomic mass is 16.5. The number of piperazine rings is 1. The number of carbonyl (C=O) groups excluding carboxylic acids is 1. The Morgan fingerprint density at radius 1 is 1.26 bits per heavy atom. The van der Waals surface area contributed by atoms with Gasteiger partial charge in [-0.25, -0.2) is 0 Å². The van der Waals surface area contributed by atoms with Crippen LogP contribution >= 0.6 is 0 Å². The normalized spacial score (nSPS) is 25.7. The van der Waals surface area contributed by atoms with Crippen LogP contribution in [0.25, 0.3) is 0 Å². The van der Waals surface area contributed by atoms with Crippen molar-refractivity contribution < 1.29 is 9.53 Å². The van der Waals surface area contributed by atoms with E-state index in [2.05, 4.69) is 4.90 Å². The van der Waals surface area contributed by atoms with Crippen molar-refractivity contribution in [3.8, 4) is 0 Å². The summed E-state index contributed by atoms with van der Waals surface area (Å²) >= 11 is 0. The highest BCUT2D eigenvalue weighted by Crippen LogP contribution is 2.14. The summed E-state index contributed by atoms with van der Waals surface area (Å²) in [5.74, 6) is 0.120. The Morgan fingerprint density at radius 3 is 2.68 bits per heavy atom. The molecule has 2 aliphatic heterocycles. The predicted molar refractivity (Wildman–Crippen MR) is 75.9 cm³/mol. The number of hydrogen-bond donors (Lipinski definition) is 0. The fourth-order valence-electron chi connectivity index (χ4n) is 2.58. The van der Waals surface area contributed by atoms with E-state index >= 15 is 0 Å². The third-order valence-electron chi connectivity index (χ3n) is 3.71. The molecule has 106 valence electrons. The van der Waals surface area contributed by atoms with E-state index in [9.17, 15) is 4.79 Å². The Kier molecular flexibility index (Phi) is 5.61. The van der Waals surface area contributed by atoms with Gasteiger partial charge >= 0.3 is 0 Å². The molecule has 2 rings (SSSR count). The zero-order valence-corrected chi connectivity index (χ0v) is 11.8. The summed E-state index contributed by atoms with van der Waals surface area (Å²) < 4.78 is 5.65. The molecule has 0 aromatic heterocycles. The van der Waals surface area contributed by atoms with Crippen LogP contribution in [-0.4, -0.2) is 61.1 Å². The maximum Gasteiger partial charge on any atom is 0.246 e. The average Bonchev–Trinajstić information content (AvgIpc) is 2.93.